The van der Waals surface area contributed by atoms with Crippen LogP contribution < -0.4 is 9.80 Å². The van der Waals surface area contributed by atoms with Gasteiger partial charge in [0.25, 0.3) is 0 Å². The number of aryl methyl sites for hydroxylation is 2. The number of anilines is 2. The van der Waals surface area contributed by atoms with Crippen molar-refractivity contribution in [1.29, 1.82) is 0 Å². The van der Waals surface area contributed by atoms with Crippen LogP contribution in [-0.4, -0.2) is 50.7 Å². The SMILES string of the molecule is CCc1c(C)nc(C)nc1N1CCN(c2ccn3nccc3n2)CC1. The summed E-state index contributed by atoms with van der Waals surface area (Å²) >= 11 is 0. The van der Waals surface area contributed by atoms with Crippen LogP contribution in [0.5, 0.6) is 0 Å². The Morgan fingerprint density at radius 2 is 1.72 bits per heavy atom. The summed E-state index contributed by atoms with van der Waals surface area (Å²) in [5.41, 5.74) is 3.24. The molecule has 0 unspecified atom stereocenters. The highest BCUT2D eigenvalue weighted by Gasteiger charge is 2.22. The van der Waals surface area contributed by atoms with Crippen molar-refractivity contribution in [3.63, 3.8) is 0 Å². The molecule has 0 aromatic carbocycles. The van der Waals surface area contributed by atoms with Crippen LogP contribution in [0.1, 0.15) is 24.0 Å². The molecule has 0 N–H and O–H groups in total. The average molecular weight is 337 g/mol. The van der Waals surface area contributed by atoms with E-state index in [4.69, 9.17) is 9.97 Å². The van der Waals surface area contributed by atoms with Gasteiger partial charge < -0.3 is 9.80 Å². The van der Waals surface area contributed by atoms with Crippen molar-refractivity contribution >= 4 is 17.3 Å². The summed E-state index contributed by atoms with van der Waals surface area (Å²) in [5, 5.41) is 4.21. The van der Waals surface area contributed by atoms with Gasteiger partial charge in [-0.2, -0.15) is 5.10 Å². The molecule has 4 rings (SSSR count). The van der Waals surface area contributed by atoms with E-state index in [9.17, 15) is 0 Å². The predicted molar refractivity (Wildman–Crippen MR) is 98.3 cm³/mol. The zero-order valence-electron chi connectivity index (χ0n) is 15.0. The summed E-state index contributed by atoms with van der Waals surface area (Å²) in [6.07, 6.45) is 4.70. The summed E-state index contributed by atoms with van der Waals surface area (Å²) < 4.78 is 1.79. The Morgan fingerprint density at radius 3 is 2.48 bits per heavy atom. The Balaban J connectivity index is 1.53. The molecular formula is C18H23N7. The van der Waals surface area contributed by atoms with Gasteiger partial charge >= 0.3 is 0 Å². The maximum atomic E-state index is 4.73. The third-order valence-electron chi connectivity index (χ3n) is 4.80. The van der Waals surface area contributed by atoms with E-state index < -0.39 is 0 Å². The highest BCUT2D eigenvalue weighted by molar-refractivity contribution is 5.52. The quantitative estimate of drug-likeness (QED) is 0.729. The molecule has 0 amide bonds. The molecule has 1 aliphatic rings. The Labute approximate surface area is 147 Å². The monoisotopic (exact) mass is 337 g/mol. The molecule has 1 saturated heterocycles. The van der Waals surface area contributed by atoms with Crippen molar-refractivity contribution in [3.8, 4) is 0 Å². The molecule has 0 bridgehead atoms. The van der Waals surface area contributed by atoms with E-state index in [1.54, 1.807) is 10.7 Å². The first-order chi connectivity index (χ1) is 12.2. The highest BCUT2D eigenvalue weighted by Crippen LogP contribution is 2.24. The molecule has 1 aliphatic heterocycles. The van der Waals surface area contributed by atoms with Gasteiger partial charge in [-0.15, -0.1) is 0 Å². The normalized spacial score (nSPS) is 15.2. The molecule has 0 saturated carbocycles. The number of rotatable bonds is 3. The fourth-order valence-electron chi connectivity index (χ4n) is 3.52. The van der Waals surface area contributed by atoms with Crippen molar-refractivity contribution in [2.75, 3.05) is 36.0 Å². The van der Waals surface area contributed by atoms with E-state index in [-0.39, 0.29) is 0 Å². The minimum absolute atomic E-state index is 0.847. The molecule has 7 nitrogen and oxygen atoms in total. The minimum atomic E-state index is 0.847. The molecule has 0 atom stereocenters. The van der Waals surface area contributed by atoms with Crippen LogP contribution in [0.25, 0.3) is 5.65 Å². The number of hydrogen-bond donors (Lipinski definition) is 0. The van der Waals surface area contributed by atoms with Crippen LogP contribution in [-0.2, 0) is 6.42 Å². The van der Waals surface area contributed by atoms with Crippen molar-refractivity contribution < 1.29 is 0 Å². The van der Waals surface area contributed by atoms with Crippen LogP contribution >= 0.6 is 0 Å². The van der Waals surface area contributed by atoms with Gasteiger partial charge in [-0.1, -0.05) is 6.92 Å². The molecule has 0 radical (unpaired) electrons. The van der Waals surface area contributed by atoms with Crippen molar-refractivity contribution in [2.45, 2.75) is 27.2 Å². The van der Waals surface area contributed by atoms with Gasteiger partial charge in [-0.05, 0) is 26.3 Å². The van der Waals surface area contributed by atoms with Gasteiger partial charge in [-0.3, -0.25) is 0 Å². The number of aromatic nitrogens is 5. The van der Waals surface area contributed by atoms with Crippen LogP contribution in [0.3, 0.4) is 0 Å². The average Bonchev–Trinajstić information content (AvgIpc) is 3.09. The standard InChI is InChI=1S/C18H23N7/c1-4-15-13(2)20-14(3)21-18(15)24-11-9-23(10-12-24)16-6-8-25-17(22-16)5-7-19-25/h5-8H,4,9-12H2,1-3H3. The second-order valence-electron chi connectivity index (χ2n) is 6.41. The summed E-state index contributed by atoms with van der Waals surface area (Å²) in [5.74, 6) is 2.96. The second kappa shape index (κ2) is 6.31. The molecule has 130 valence electrons. The topological polar surface area (TPSA) is 62.5 Å². The third-order valence-corrected chi connectivity index (χ3v) is 4.80. The molecule has 3 aromatic heterocycles. The lowest BCUT2D eigenvalue weighted by molar-refractivity contribution is 0.636. The number of piperazine rings is 1. The summed E-state index contributed by atoms with van der Waals surface area (Å²) in [6.45, 7) is 9.97. The Bertz CT molecular complexity index is 894. The third kappa shape index (κ3) is 2.90. The summed E-state index contributed by atoms with van der Waals surface area (Å²) in [4.78, 5) is 18.7. The summed E-state index contributed by atoms with van der Waals surface area (Å²) in [7, 11) is 0. The molecule has 1 fully saturated rings. The molecule has 3 aromatic rings. The lowest BCUT2D eigenvalue weighted by Crippen LogP contribution is -2.47. The van der Waals surface area contributed by atoms with Gasteiger partial charge in [0.2, 0.25) is 0 Å². The number of hydrogen-bond acceptors (Lipinski definition) is 6. The van der Waals surface area contributed by atoms with E-state index >= 15 is 0 Å². The Hall–Kier alpha value is -2.70. The lowest BCUT2D eigenvalue weighted by Gasteiger charge is -2.37. The number of fused-ring (bicyclic) bond motifs is 1. The summed E-state index contributed by atoms with van der Waals surface area (Å²) in [6, 6.07) is 3.96. The predicted octanol–water partition coefficient (Wildman–Crippen LogP) is 2.03. The van der Waals surface area contributed by atoms with E-state index in [1.807, 2.05) is 25.3 Å². The van der Waals surface area contributed by atoms with Crippen molar-refractivity contribution in [2.24, 2.45) is 0 Å². The van der Waals surface area contributed by atoms with Crippen LogP contribution in [0.2, 0.25) is 0 Å². The van der Waals surface area contributed by atoms with Gasteiger partial charge in [0, 0.05) is 49.7 Å². The smallest absolute Gasteiger partial charge is 0.157 e. The first-order valence-electron chi connectivity index (χ1n) is 8.80. The maximum absolute atomic E-state index is 4.73. The van der Waals surface area contributed by atoms with Crippen molar-refractivity contribution in [1.82, 2.24) is 24.6 Å². The second-order valence-corrected chi connectivity index (χ2v) is 6.41. The van der Waals surface area contributed by atoms with E-state index in [0.29, 0.717) is 0 Å². The zero-order chi connectivity index (χ0) is 17.4. The first kappa shape index (κ1) is 15.8. The van der Waals surface area contributed by atoms with E-state index in [2.05, 4.69) is 33.7 Å². The van der Waals surface area contributed by atoms with E-state index in [1.165, 1.54) is 5.56 Å². The fraction of sp³-hybridized carbons (Fsp3) is 0.444. The van der Waals surface area contributed by atoms with Crippen LogP contribution in [0.15, 0.2) is 24.5 Å². The minimum Gasteiger partial charge on any atom is -0.353 e. The van der Waals surface area contributed by atoms with Crippen LogP contribution in [0.4, 0.5) is 11.6 Å². The largest absolute Gasteiger partial charge is 0.353 e. The lowest BCUT2D eigenvalue weighted by atomic mass is 10.1. The molecule has 0 spiro atoms. The highest BCUT2D eigenvalue weighted by atomic mass is 15.3. The van der Waals surface area contributed by atoms with Crippen molar-refractivity contribution in [3.05, 3.63) is 41.6 Å². The zero-order valence-corrected chi connectivity index (χ0v) is 15.0. The molecule has 4 heterocycles. The van der Waals surface area contributed by atoms with Gasteiger partial charge in [0.05, 0.1) is 6.20 Å². The van der Waals surface area contributed by atoms with E-state index in [0.717, 1.165) is 61.4 Å². The number of nitrogens with zero attached hydrogens (tertiary/aromatic N) is 7. The molecule has 0 aliphatic carbocycles. The van der Waals surface area contributed by atoms with Gasteiger partial charge in [0.15, 0.2) is 5.65 Å². The fourth-order valence-corrected chi connectivity index (χ4v) is 3.52. The van der Waals surface area contributed by atoms with Gasteiger partial charge in [-0.25, -0.2) is 19.5 Å². The first-order valence-corrected chi connectivity index (χ1v) is 8.80. The Morgan fingerprint density at radius 1 is 0.960 bits per heavy atom. The van der Waals surface area contributed by atoms with Crippen LogP contribution in [0, 0.1) is 13.8 Å². The van der Waals surface area contributed by atoms with Gasteiger partial charge in [0.1, 0.15) is 17.5 Å². The molecule has 25 heavy (non-hydrogen) atoms. The maximum Gasteiger partial charge on any atom is 0.157 e. The Kier molecular flexibility index (Phi) is 3.99. The molecular weight excluding hydrogens is 314 g/mol. The molecule has 7 heteroatoms.